The second kappa shape index (κ2) is 7.07. The van der Waals surface area contributed by atoms with Crippen LogP contribution in [0.2, 0.25) is 0 Å². The molecule has 1 unspecified atom stereocenters. The van der Waals surface area contributed by atoms with Crippen molar-refractivity contribution in [3.05, 3.63) is 0 Å². The lowest BCUT2D eigenvalue weighted by atomic mass is 10.2. The van der Waals surface area contributed by atoms with Crippen LogP contribution in [-0.4, -0.2) is 67.3 Å². The number of nitrogens with zero attached hydrogens (tertiary/aromatic N) is 1. The highest BCUT2D eigenvalue weighted by Crippen LogP contribution is 2.14. The molecule has 0 saturated carbocycles. The minimum absolute atomic E-state index is 0.0701. The number of aliphatic hydroxyl groups is 1. The Kier molecular flexibility index (Phi) is 6.03. The molecule has 2 atom stereocenters. The van der Waals surface area contributed by atoms with Crippen molar-refractivity contribution in [3.8, 4) is 0 Å². The predicted octanol–water partition coefficient (Wildman–Crippen LogP) is 1.02. The molecule has 1 N–H and O–H groups in total. The molecule has 0 aliphatic carbocycles. The summed E-state index contributed by atoms with van der Waals surface area (Å²) in [6.07, 6.45) is -0.162. The van der Waals surface area contributed by atoms with E-state index in [2.05, 4.69) is 0 Å². The van der Waals surface area contributed by atoms with E-state index in [9.17, 15) is 9.90 Å². The van der Waals surface area contributed by atoms with Crippen LogP contribution in [-0.2, 0) is 14.2 Å². The van der Waals surface area contributed by atoms with E-state index in [1.54, 1.807) is 12.0 Å². The van der Waals surface area contributed by atoms with Crippen molar-refractivity contribution in [3.63, 3.8) is 0 Å². The van der Waals surface area contributed by atoms with Gasteiger partial charge in [-0.2, -0.15) is 0 Å². The topological polar surface area (TPSA) is 68.2 Å². The quantitative estimate of drug-likeness (QED) is 0.815. The second-order valence-electron chi connectivity index (χ2n) is 5.71. The average molecular weight is 275 g/mol. The molecule has 0 bridgehead atoms. The Labute approximate surface area is 114 Å². The van der Waals surface area contributed by atoms with Crippen LogP contribution in [0.5, 0.6) is 0 Å². The van der Waals surface area contributed by atoms with Crippen molar-refractivity contribution >= 4 is 6.09 Å². The van der Waals surface area contributed by atoms with Crippen LogP contribution in [0.3, 0.4) is 0 Å². The molecule has 1 aliphatic rings. The summed E-state index contributed by atoms with van der Waals surface area (Å²) in [5, 5.41) is 9.25. The van der Waals surface area contributed by atoms with Crippen molar-refractivity contribution in [2.24, 2.45) is 0 Å². The van der Waals surface area contributed by atoms with Crippen LogP contribution < -0.4 is 0 Å². The minimum atomic E-state index is -0.532. The standard InChI is InChI=1S/C13H25NO5/c1-13(2,3)19-12(16)14-6-5-10(17-4)9-18-11(7-14)8-15/h10-11,15H,5-9H2,1-4H3/t10?,11-/m0/s1. The Morgan fingerprint density at radius 1 is 1.47 bits per heavy atom. The summed E-state index contributed by atoms with van der Waals surface area (Å²) in [5.74, 6) is 0. The number of hydrogen-bond donors (Lipinski definition) is 1. The van der Waals surface area contributed by atoms with Gasteiger partial charge in [0.1, 0.15) is 5.60 Å². The van der Waals surface area contributed by atoms with Gasteiger partial charge in [-0.3, -0.25) is 0 Å². The van der Waals surface area contributed by atoms with Crippen LogP contribution in [0.25, 0.3) is 0 Å². The molecular weight excluding hydrogens is 250 g/mol. The largest absolute Gasteiger partial charge is 0.444 e. The first-order valence-corrected chi connectivity index (χ1v) is 6.59. The van der Waals surface area contributed by atoms with Gasteiger partial charge in [-0.1, -0.05) is 0 Å². The lowest BCUT2D eigenvalue weighted by Gasteiger charge is -2.33. The molecule has 0 spiro atoms. The third kappa shape index (κ3) is 5.76. The number of carbonyl (C=O) groups is 1. The SMILES string of the molecule is COC1CCN(C(=O)OC(C)(C)C)C[C@@H](CO)OC1. The maximum Gasteiger partial charge on any atom is 0.410 e. The third-order valence-electron chi connectivity index (χ3n) is 2.85. The van der Waals surface area contributed by atoms with Crippen molar-refractivity contribution in [2.45, 2.75) is 45.0 Å². The van der Waals surface area contributed by atoms with Crippen LogP contribution in [0.4, 0.5) is 4.79 Å². The summed E-state index contributed by atoms with van der Waals surface area (Å²) in [4.78, 5) is 13.6. The van der Waals surface area contributed by atoms with E-state index in [1.807, 2.05) is 20.8 Å². The zero-order chi connectivity index (χ0) is 14.5. The zero-order valence-electron chi connectivity index (χ0n) is 12.2. The summed E-state index contributed by atoms with van der Waals surface area (Å²) in [7, 11) is 1.61. The second-order valence-corrected chi connectivity index (χ2v) is 5.71. The normalized spacial score (nSPS) is 25.6. The number of hydrogen-bond acceptors (Lipinski definition) is 5. The van der Waals surface area contributed by atoms with Gasteiger partial charge >= 0.3 is 6.09 Å². The fraction of sp³-hybridized carbons (Fsp3) is 0.923. The predicted molar refractivity (Wildman–Crippen MR) is 70.0 cm³/mol. The van der Waals surface area contributed by atoms with Crippen LogP contribution in [0.1, 0.15) is 27.2 Å². The van der Waals surface area contributed by atoms with Gasteiger partial charge in [0.15, 0.2) is 0 Å². The van der Waals surface area contributed by atoms with E-state index in [0.717, 1.165) is 0 Å². The van der Waals surface area contributed by atoms with Crippen molar-refractivity contribution in [2.75, 3.05) is 33.4 Å². The van der Waals surface area contributed by atoms with Gasteiger partial charge in [0.2, 0.25) is 0 Å². The highest BCUT2D eigenvalue weighted by Gasteiger charge is 2.27. The van der Waals surface area contributed by atoms with Crippen LogP contribution in [0.15, 0.2) is 0 Å². The van der Waals surface area contributed by atoms with Crippen molar-refractivity contribution in [1.29, 1.82) is 0 Å². The summed E-state index contributed by atoms with van der Waals surface area (Å²) in [6.45, 7) is 6.65. The third-order valence-corrected chi connectivity index (χ3v) is 2.85. The van der Waals surface area contributed by atoms with Crippen molar-refractivity contribution < 1.29 is 24.1 Å². The Hall–Kier alpha value is -0.850. The lowest BCUT2D eigenvalue weighted by Crippen LogP contribution is -2.46. The first kappa shape index (κ1) is 16.2. The lowest BCUT2D eigenvalue weighted by molar-refractivity contribution is -0.0764. The van der Waals surface area contributed by atoms with E-state index >= 15 is 0 Å². The number of methoxy groups -OCH3 is 1. The Bertz CT molecular complexity index is 289. The number of ether oxygens (including phenoxy) is 3. The Morgan fingerprint density at radius 2 is 2.16 bits per heavy atom. The molecule has 0 aromatic rings. The number of carbonyl (C=O) groups excluding carboxylic acids is 1. The highest BCUT2D eigenvalue weighted by molar-refractivity contribution is 5.68. The summed E-state index contributed by atoms with van der Waals surface area (Å²) < 4.78 is 16.1. The van der Waals surface area contributed by atoms with E-state index in [4.69, 9.17) is 14.2 Å². The maximum absolute atomic E-state index is 12.1. The van der Waals surface area contributed by atoms with Gasteiger partial charge in [0.05, 0.1) is 32.0 Å². The summed E-state index contributed by atoms with van der Waals surface area (Å²) >= 11 is 0. The number of amides is 1. The monoisotopic (exact) mass is 275 g/mol. The van der Waals surface area contributed by atoms with E-state index in [1.165, 1.54) is 0 Å². The molecule has 1 saturated heterocycles. The Morgan fingerprint density at radius 3 is 2.68 bits per heavy atom. The van der Waals surface area contributed by atoms with Crippen LogP contribution in [0, 0.1) is 0 Å². The van der Waals surface area contributed by atoms with E-state index < -0.39 is 11.7 Å². The number of rotatable bonds is 2. The molecule has 1 amide bonds. The Balaban J connectivity index is 2.65. The number of aliphatic hydroxyl groups excluding tert-OH is 1. The van der Waals surface area contributed by atoms with Crippen LogP contribution >= 0.6 is 0 Å². The molecular formula is C13H25NO5. The molecule has 1 heterocycles. The first-order valence-electron chi connectivity index (χ1n) is 6.59. The van der Waals surface area contributed by atoms with Gasteiger partial charge < -0.3 is 24.2 Å². The van der Waals surface area contributed by atoms with Gasteiger partial charge in [-0.25, -0.2) is 4.79 Å². The smallest absolute Gasteiger partial charge is 0.410 e. The fourth-order valence-corrected chi connectivity index (χ4v) is 1.81. The molecule has 1 rings (SSSR count). The first-order chi connectivity index (χ1) is 8.85. The van der Waals surface area contributed by atoms with Gasteiger partial charge in [0.25, 0.3) is 0 Å². The fourth-order valence-electron chi connectivity index (χ4n) is 1.81. The zero-order valence-corrected chi connectivity index (χ0v) is 12.2. The molecule has 19 heavy (non-hydrogen) atoms. The van der Waals surface area contributed by atoms with Gasteiger partial charge in [-0.05, 0) is 27.2 Å². The average Bonchev–Trinajstić information content (AvgIpc) is 2.27. The van der Waals surface area contributed by atoms with E-state index in [-0.39, 0.29) is 18.8 Å². The van der Waals surface area contributed by atoms with Gasteiger partial charge in [0, 0.05) is 13.7 Å². The molecule has 1 aliphatic heterocycles. The molecule has 1 fully saturated rings. The molecule has 0 radical (unpaired) electrons. The maximum atomic E-state index is 12.1. The molecule has 6 nitrogen and oxygen atoms in total. The van der Waals surface area contributed by atoms with E-state index in [0.29, 0.717) is 26.1 Å². The molecule has 0 aromatic heterocycles. The summed E-state index contributed by atoms with van der Waals surface area (Å²) in [5.41, 5.74) is -0.532. The van der Waals surface area contributed by atoms with Crippen molar-refractivity contribution in [1.82, 2.24) is 4.90 Å². The highest BCUT2D eigenvalue weighted by atomic mass is 16.6. The van der Waals surface area contributed by atoms with Gasteiger partial charge in [-0.15, -0.1) is 0 Å². The molecule has 0 aromatic carbocycles. The molecule has 6 heteroatoms. The summed E-state index contributed by atoms with van der Waals surface area (Å²) in [6, 6.07) is 0. The molecule has 112 valence electrons. The minimum Gasteiger partial charge on any atom is -0.444 e.